The quantitative estimate of drug-likeness (QED) is 0.830. The minimum atomic E-state index is -0.353. The maximum Gasteiger partial charge on any atom is 0.239 e. The van der Waals surface area contributed by atoms with Crippen molar-refractivity contribution in [2.45, 2.75) is 44.6 Å². The molecule has 5 heteroatoms. The van der Waals surface area contributed by atoms with E-state index in [9.17, 15) is 4.79 Å². The summed E-state index contributed by atoms with van der Waals surface area (Å²) in [6, 6.07) is -0.353. The van der Waals surface area contributed by atoms with E-state index in [1.165, 1.54) is 12.8 Å². The van der Waals surface area contributed by atoms with Crippen molar-refractivity contribution in [2.24, 2.45) is 17.1 Å². The monoisotopic (exact) mass is 296 g/mol. The predicted octanol–water partition coefficient (Wildman–Crippen LogP) is 1.16. The second kappa shape index (κ2) is 6.63. The van der Waals surface area contributed by atoms with Gasteiger partial charge in [0.05, 0.1) is 12.6 Å². The van der Waals surface area contributed by atoms with Crippen LogP contribution in [0.4, 0.5) is 0 Å². The van der Waals surface area contributed by atoms with Crippen molar-refractivity contribution >= 4 is 5.91 Å². The minimum absolute atomic E-state index is 0.145. The van der Waals surface area contributed by atoms with Crippen LogP contribution in [0, 0.1) is 11.3 Å². The summed E-state index contributed by atoms with van der Waals surface area (Å²) in [7, 11) is 0. The minimum Gasteiger partial charge on any atom is -0.381 e. The van der Waals surface area contributed by atoms with Crippen LogP contribution in [-0.4, -0.2) is 56.4 Å². The highest BCUT2D eigenvalue weighted by atomic mass is 16.5. The van der Waals surface area contributed by atoms with E-state index in [1.54, 1.807) is 0 Å². The molecule has 21 heavy (non-hydrogen) atoms. The van der Waals surface area contributed by atoms with Gasteiger partial charge in [0, 0.05) is 38.3 Å². The Balaban J connectivity index is 1.60. The van der Waals surface area contributed by atoms with E-state index in [-0.39, 0.29) is 23.3 Å². The first-order chi connectivity index (χ1) is 10.2. The van der Waals surface area contributed by atoms with Gasteiger partial charge in [-0.25, -0.2) is 0 Å². The van der Waals surface area contributed by atoms with Gasteiger partial charge < -0.3 is 20.1 Å². The number of rotatable bonds is 2. The Morgan fingerprint density at radius 3 is 2.62 bits per heavy atom. The number of hydrogen-bond donors (Lipinski definition) is 1. The van der Waals surface area contributed by atoms with Gasteiger partial charge in [0.2, 0.25) is 5.91 Å². The molecule has 0 aromatic rings. The molecule has 3 fully saturated rings. The molecule has 3 rings (SSSR count). The average Bonchev–Trinajstić information content (AvgIpc) is 2.55. The second-order valence-electron chi connectivity index (χ2n) is 7.00. The molecule has 2 atom stereocenters. The molecule has 0 saturated carbocycles. The topological polar surface area (TPSA) is 64.8 Å². The third-order valence-corrected chi connectivity index (χ3v) is 5.44. The van der Waals surface area contributed by atoms with Crippen molar-refractivity contribution in [1.29, 1.82) is 0 Å². The van der Waals surface area contributed by atoms with Crippen LogP contribution >= 0.6 is 0 Å². The zero-order valence-corrected chi connectivity index (χ0v) is 12.9. The van der Waals surface area contributed by atoms with E-state index < -0.39 is 0 Å². The van der Waals surface area contributed by atoms with E-state index in [2.05, 4.69) is 0 Å². The SMILES string of the molecule is NC(C(=O)N1CCCC2(CCCOC2)C1)C1CCOCC1. The van der Waals surface area contributed by atoms with Gasteiger partial charge in [0.25, 0.3) is 0 Å². The lowest BCUT2D eigenvalue weighted by Crippen LogP contribution is -2.55. The fourth-order valence-electron chi connectivity index (χ4n) is 4.12. The van der Waals surface area contributed by atoms with Crippen LogP contribution in [-0.2, 0) is 14.3 Å². The highest BCUT2D eigenvalue weighted by molar-refractivity contribution is 5.82. The van der Waals surface area contributed by atoms with Crippen molar-refractivity contribution < 1.29 is 14.3 Å². The van der Waals surface area contributed by atoms with Gasteiger partial charge in [-0.2, -0.15) is 0 Å². The van der Waals surface area contributed by atoms with Crippen LogP contribution in [0.3, 0.4) is 0 Å². The van der Waals surface area contributed by atoms with Gasteiger partial charge in [0.1, 0.15) is 0 Å². The highest BCUT2D eigenvalue weighted by Gasteiger charge is 2.40. The van der Waals surface area contributed by atoms with Gasteiger partial charge in [0.15, 0.2) is 0 Å². The zero-order chi connectivity index (χ0) is 14.7. The fourth-order valence-corrected chi connectivity index (χ4v) is 4.12. The number of amides is 1. The normalized spacial score (nSPS) is 33.1. The maximum absolute atomic E-state index is 12.7. The first kappa shape index (κ1) is 15.3. The van der Waals surface area contributed by atoms with Gasteiger partial charge in [-0.05, 0) is 44.4 Å². The number of ether oxygens (including phenoxy) is 2. The number of hydrogen-bond acceptors (Lipinski definition) is 4. The van der Waals surface area contributed by atoms with E-state index in [0.717, 1.165) is 65.2 Å². The van der Waals surface area contributed by atoms with Crippen molar-refractivity contribution in [3.8, 4) is 0 Å². The number of piperidine rings is 1. The van der Waals surface area contributed by atoms with Crippen molar-refractivity contribution in [3.63, 3.8) is 0 Å². The Morgan fingerprint density at radius 2 is 1.90 bits per heavy atom. The largest absolute Gasteiger partial charge is 0.381 e. The molecule has 3 saturated heterocycles. The van der Waals surface area contributed by atoms with Crippen molar-refractivity contribution in [1.82, 2.24) is 4.90 Å². The molecule has 3 aliphatic heterocycles. The average molecular weight is 296 g/mol. The lowest BCUT2D eigenvalue weighted by molar-refractivity contribution is -0.141. The number of likely N-dealkylation sites (tertiary alicyclic amines) is 1. The number of nitrogens with two attached hydrogens (primary N) is 1. The lowest BCUT2D eigenvalue weighted by atomic mass is 9.75. The molecule has 1 spiro atoms. The Kier molecular flexibility index (Phi) is 4.82. The third kappa shape index (κ3) is 3.41. The van der Waals surface area contributed by atoms with Crippen LogP contribution in [0.1, 0.15) is 38.5 Å². The molecule has 5 nitrogen and oxygen atoms in total. The summed E-state index contributed by atoms with van der Waals surface area (Å²) >= 11 is 0. The molecule has 1 amide bonds. The molecular weight excluding hydrogens is 268 g/mol. The summed E-state index contributed by atoms with van der Waals surface area (Å²) in [4.78, 5) is 14.8. The summed E-state index contributed by atoms with van der Waals surface area (Å²) in [6.07, 6.45) is 6.39. The fraction of sp³-hybridized carbons (Fsp3) is 0.938. The van der Waals surface area contributed by atoms with Crippen LogP contribution in [0.25, 0.3) is 0 Å². The Hall–Kier alpha value is -0.650. The summed E-state index contributed by atoms with van der Waals surface area (Å²) < 4.78 is 11.1. The first-order valence-corrected chi connectivity index (χ1v) is 8.40. The number of carbonyl (C=O) groups is 1. The maximum atomic E-state index is 12.7. The van der Waals surface area contributed by atoms with Crippen molar-refractivity contribution in [2.75, 3.05) is 39.5 Å². The molecule has 0 radical (unpaired) electrons. The highest BCUT2D eigenvalue weighted by Crippen LogP contribution is 2.37. The molecular formula is C16H28N2O3. The predicted molar refractivity (Wildman–Crippen MR) is 79.8 cm³/mol. The van der Waals surface area contributed by atoms with Gasteiger partial charge in [-0.15, -0.1) is 0 Å². The van der Waals surface area contributed by atoms with E-state index in [0.29, 0.717) is 0 Å². The first-order valence-electron chi connectivity index (χ1n) is 8.40. The molecule has 0 aromatic carbocycles. The summed E-state index contributed by atoms with van der Waals surface area (Å²) in [5.74, 6) is 0.429. The van der Waals surface area contributed by atoms with E-state index in [1.807, 2.05) is 4.90 Å². The number of carbonyl (C=O) groups excluding carboxylic acids is 1. The molecule has 3 aliphatic rings. The number of nitrogens with zero attached hydrogens (tertiary/aromatic N) is 1. The zero-order valence-electron chi connectivity index (χ0n) is 12.9. The van der Waals surface area contributed by atoms with Crippen LogP contribution in [0.5, 0.6) is 0 Å². The van der Waals surface area contributed by atoms with Crippen LogP contribution in [0.2, 0.25) is 0 Å². The van der Waals surface area contributed by atoms with E-state index in [4.69, 9.17) is 15.2 Å². The summed E-state index contributed by atoms with van der Waals surface area (Å²) in [5, 5.41) is 0. The summed E-state index contributed by atoms with van der Waals surface area (Å²) in [5.41, 5.74) is 6.46. The lowest BCUT2D eigenvalue weighted by Gasteiger charge is -2.45. The standard InChI is InChI=1S/C16H28N2O3/c17-14(13-3-9-20-10-4-13)15(19)18-7-1-5-16(11-18)6-2-8-21-12-16/h13-14H,1-12,17H2. The summed E-state index contributed by atoms with van der Waals surface area (Å²) in [6.45, 7) is 4.85. The van der Waals surface area contributed by atoms with Gasteiger partial charge in [-0.1, -0.05) is 0 Å². The van der Waals surface area contributed by atoms with E-state index >= 15 is 0 Å². The second-order valence-corrected chi connectivity index (χ2v) is 7.00. The molecule has 2 N–H and O–H groups in total. The van der Waals surface area contributed by atoms with Gasteiger partial charge in [-0.3, -0.25) is 4.79 Å². The molecule has 120 valence electrons. The Bertz CT molecular complexity index is 357. The molecule has 3 heterocycles. The Morgan fingerprint density at radius 1 is 1.14 bits per heavy atom. The Labute approximate surface area is 127 Å². The molecule has 0 bridgehead atoms. The van der Waals surface area contributed by atoms with Crippen LogP contribution < -0.4 is 5.73 Å². The molecule has 0 aromatic heterocycles. The third-order valence-electron chi connectivity index (χ3n) is 5.44. The van der Waals surface area contributed by atoms with Gasteiger partial charge >= 0.3 is 0 Å². The smallest absolute Gasteiger partial charge is 0.239 e. The van der Waals surface area contributed by atoms with Crippen molar-refractivity contribution in [3.05, 3.63) is 0 Å². The molecule has 0 aliphatic carbocycles. The van der Waals surface area contributed by atoms with Crippen LogP contribution in [0.15, 0.2) is 0 Å². The molecule has 2 unspecified atom stereocenters.